The molecule has 3 rings (SSSR count). The average molecular weight is 338 g/mol. The minimum absolute atomic E-state index is 0.0276. The molecule has 1 aromatic carbocycles. The Labute approximate surface area is 137 Å². The molecule has 0 saturated heterocycles. The van der Waals surface area contributed by atoms with Gasteiger partial charge in [0, 0.05) is 11.5 Å². The largest absolute Gasteiger partial charge is 0.431 e. The number of hydrogen-bond acceptors (Lipinski definition) is 3. The molecule has 1 saturated carbocycles. The molecule has 4 nitrogen and oxygen atoms in total. The standard InChI is InChI=1S/C17H17F3N2O2/c18-17(19,20)13-8-6-11(7-9-13)14-10-24-16(21-14)22-15(23)12-4-2-1-3-5-12/h6-10,12H,1-5H2,(H,21,22,23). The quantitative estimate of drug-likeness (QED) is 0.868. The van der Waals surface area contributed by atoms with Gasteiger partial charge in [0.1, 0.15) is 12.0 Å². The number of oxazole rings is 1. The molecule has 1 amide bonds. The predicted octanol–water partition coefficient (Wildman–Crippen LogP) is 4.88. The van der Waals surface area contributed by atoms with Crippen LogP contribution >= 0.6 is 0 Å². The Hall–Kier alpha value is -2.31. The lowest BCUT2D eigenvalue weighted by molar-refractivity contribution is -0.137. The Bertz CT molecular complexity index is 701. The fraction of sp³-hybridized carbons (Fsp3) is 0.412. The molecule has 1 fully saturated rings. The number of carbonyl (C=O) groups is 1. The lowest BCUT2D eigenvalue weighted by Gasteiger charge is -2.19. The van der Waals surface area contributed by atoms with Crippen LogP contribution in [0.15, 0.2) is 34.9 Å². The van der Waals surface area contributed by atoms with Gasteiger partial charge in [-0.1, -0.05) is 31.4 Å². The molecule has 0 radical (unpaired) electrons. The molecular formula is C17H17F3N2O2. The van der Waals surface area contributed by atoms with Gasteiger partial charge in [0.25, 0.3) is 0 Å². The third-order valence-electron chi connectivity index (χ3n) is 4.22. The van der Waals surface area contributed by atoms with E-state index in [4.69, 9.17) is 4.42 Å². The average Bonchev–Trinajstić information content (AvgIpc) is 3.03. The molecule has 1 aliphatic carbocycles. The predicted molar refractivity (Wildman–Crippen MR) is 82.1 cm³/mol. The number of rotatable bonds is 3. The van der Waals surface area contributed by atoms with Gasteiger partial charge in [-0.2, -0.15) is 18.2 Å². The Kier molecular flexibility index (Phi) is 4.59. The number of benzene rings is 1. The monoisotopic (exact) mass is 338 g/mol. The van der Waals surface area contributed by atoms with Crippen LogP contribution in [0, 0.1) is 5.92 Å². The number of nitrogens with zero attached hydrogens (tertiary/aromatic N) is 1. The maximum absolute atomic E-state index is 12.6. The smallest absolute Gasteiger partial charge is 0.416 e. The van der Waals surface area contributed by atoms with E-state index in [0.29, 0.717) is 11.3 Å². The zero-order chi connectivity index (χ0) is 17.2. The highest BCUT2D eigenvalue weighted by molar-refractivity contribution is 5.90. The molecule has 128 valence electrons. The number of aromatic nitrogens is 1. The van der Waals surface area contributed by atoms with E-state index in [1.165, 1.54) is 18.4 Å². The fourth-order valence-electron chi connectivity index (χ4n) is 2.87. The number of hydrogen-bond donors (Lipinski definition) is 1. The lowest BCUT2D eigenvalue weighted by Crippen LogP contribution is -2.24. The third kappa shape index (κ3) is 3.77. The van der Waals surface area contributed by atoms with Crippen LogP contribution in [0.3, 0.4) is 0 Å². The highest BCUT2D eigenvalue weighted by Crippen LogP contribution is 2.31. The number of nitrogens with one attached hydrogen (secondary N) is 1. The van der Waals surface area contributed by atoms with Crippen LogP contribution in [0.5, 0.6) is 0 Å². The molecule has 0 spiro atoms. The van der Waals surface area contributed by atoms with Gasteiger partial charge in [0.2, 0.25) is 5.91 Å². The Morgan fingerprint density at radius 3 is 2.42 bits per heavy atom. The maximum atomic E-state index is 12.6. The molecular weight excluding hydrogens is 321 g/mol. The second-order valence-electron chi connectivity index (χ2n) is 5.94. The van der Waals surface area contributed by atoms with Gasteiger partial charge < -0.3 is 4.42 Å². The second-order valence-corrected chi connectivity index (χ2v) is 5.94. The highest BCUT2D eigenvalue weighted by Gasteiger charge is 2.30. The van der Waals surface area contributed by atoms with Gasteiger partial charge in [-0.05, 0) is 25.0 Å². The van der Waals surface area contributed by atoms with Gasteiger partial charge >= 0.3 is 12.2 Å². The molecule has 1 aliphatic rings. The zero-order valence-electron chi connectivity index (χ0n) is 12.9. The molecule has 2 aromatic rings. The van der Waals surface area contributed by atoms with Crippen LogP contribution < -0.4 is 5.32 Å². The SMILES string of the molecule is O=C(Nc1nc(-c2ccc(C(F)(F)F)cc2)co1)C1CCCCC1. The van der Waals surface area contributed by atoms with E-state index in [2.05, 4.69) is 10.3 Å². The summed E-state index contributed by atoms with van der Waals surface area (Å²) >= 11 is 0. The summed E-state index contributed by atoms with van der Waals surface area (Å²) in [5, 5.41) is 2.64. The van der Waals surface area contributed by atoms with Gasteiger partial charge in [0.15, 0.2) is 0 Å². The molecule has 1 heterocycles. The first-order valence-electron chi connectivity index (χ1n) is 7.87. The fourth-order valence-corrected chi connectivity index (χ4v) is 2.87. The molecule has 0 unspecified atom stereocenters. The summed E-state index contributed by atoms with van der Waals surface area (Å²) in [5.41, 5.74) is 0.146. The van der Waals surface area contributed by atoms with Crippen molar-refractivity contribution in [3.8, 4) is 11.3 Å². The number of alkyl halides is 3. The zero-order valence-corrected chi connectivity index (χ0v) is 12.9. The van der Waals surface area contributed by atoms with E-state index in [0.717, 1.165) is 44.2 Å². The van der Waals surface area contributed by atoms with Crippen molar-refractivity contribution in [3.63, 3.8) is 0 Å². The molecule has 0 bridgehead atoms. The van der Waals surface area contributed by atoms with E-state index in [9.17, 15) is 18.0 Å². The minimum Gasteiger partial charge on any atom is -0.431 e. The van der Waals surface area contributed by atoms with E-state index in [-0.39, 0.29) is 17.8 Å². The topological polar surface area (TPSA) is 55.1 Å². The number of carbonyl (C=O) groups excluding carboxylic acids is 1. The maximum Gasteiger partial charge on any atom is 0.416 e. The summed E-state index contributed by atoms with van der Waals surface area (Å²) in [6.45, 7) is 0. The van der Waals surface area contributed by atoms with Crippen molar-refractivity contribution < 1.29 is 22.4 Å². The first-order chi connectivity index (χ1) is 11.4. The molecule has 7 heteroatoms. The van der Waals surface area contributed by atoms with Crippen molar-refractivity contribution in [2.24, 2.45) is 5.92 Å². The van der Waals surface area contributed by atoms with Gasteiger partial charge in [0.05, 0.1) is 5.56 Å². The normalized spacial score (nSPS) is 16.1. The van der Waals surface area contributed by atoms with Gasteiger partial charge in [-0.15, -0.1) is 0 Å². The van der Waals surface area contributed by atoms with Crippen molar-refractivity contribution in [2.75, 3.05) is 5.32 Å². The summed E-state index contributed by atoms with van der Waals surface area (Å²) in [7, 11) is 0. The molecule has 1 aromatic heterocycles. The van der Waals surface area contributed by atoms with Crippen molar-refractivity contribution in [2.45, 2.75) is 38.3 Å². The summed E-state index contributed by atoms with van der Waals surface area (Å²) in [4.78, 5) is 16.3. The number of anilines is 1. The van der Waals surface area contributed by atoms with Crippen LogP contribution in [0.1, 0.15) is 37.7 Å². The van der Waals surface area contributed by atoms with Crippen LogP contribution in [-0.4, -0.2) is 10.9 Å². The summed E-state index contributed by atoms with van der Waals surface area (Å²) < 4.78 is 42.9. The number of amides is 1. The summed E-state index contributed by atoms with van der Waals surface area (Å²) in [5.74, 6) is -0.143. The van der Waals surface area contributed by atoms with Crippen molar-refractivity contribution in [1.82, 2.24) is 4.98 Å². The van der Waals surface area contributed by atoms with E-state index in [1.54, 1.807) is 0 Å². The van der Waals surface area contributed by atoms with Gasteiger partial charge in [-0.3, -0.25) is 10.1 Å². The second kappa shape index (κ2) is 6.67. The summed E-state index contributed by atoms with van der Waals surface area (Å²) in [6, 6.07) is 4.70. The number of halogens is 3. The Balaban J connectivity index is 1.67. The molecule has 0 aliphatic heterocycles. The van der Waals surface area contributed by atoms with Crippen molar-refractivity contribution >= 4 is 11.9 Å². The first-order valence-corrected chi connectivity index (χ1v) is 7.87. The van der Waals surface area contributed by atoms with E-state index in [1.807, 2.05) is 0 Å². The van der Waals surface area contributed by atoms with Crippen LogP contribution in [0.25, 0.3) is 11.3 Å². The van der Waals surface area contributed by atoms with Crippen LogP contribution in [0.4, 0.5) is 19.2 Å². The van der Waals surface area contributed by atoms with Crippen molar-refractivity contribution in [3.05, 3.63) is 36.1 Å². The third-order valence-corrected chi connectivity index (χ3v) is 4.22. The van der Waals surface area contributed by atoms with E-state index < -0.39 is 11.7 Å². The highest BCUT2D eigenvalue weighted by atomic mass is 19.4. The van der Waals surface area contributed by atoms with Crippen LogP contribution in [0.2, 0.25) is 0 Å². The van der Waals surface area contributed by atoms with Crippen molar-refractivity contribution in [1.29, 1.82) is 0 Å². The summed E-state index contributed by atoms with van der Waals surface area (Å²) in [6.07, 6.45) is 1.90. The Morgan fingerprint density at radius 1 is 1.12 bits per heavy atom. The van der Waals surface area contributed by atoms with E-state index >= 15 is 0 Å². The first kappa shape index (κ1) is 16.5. The van der Waals surface area contributed by atoms with Crippen LogP contribution in [-0.2, 0) is 11.0 Å². The molecule has 1 N–H and O–H groups in total. The minimum atomic E-state index is -4.37. The molecule has 0 atom stereocenters. The van der Waals surface area contributed by atoms with Gasteiger partial charge in [-0.25, -0.2) is 0 Å². The molecule has 24 heavy (non-hydrogen) atoms. The lowest BCUT2D eigenvalue weighted by atomic mass is 9.89. The Morgan fingerprint density at radius 2 is 1.79 bits per heavy atom.